The van der Waals surface area contributed by atoms with Gasteiger partial charge >= 0.3 is 0 Å². The number of nitrogens with zero attached hydrogens (tertiary/aromatic N) is 1. The van der Waals surface area contributed by atoms with Crippen molar-refractivity contribution in [3.63, 3.8) is 0 Å². The fourth-order valence-electron chi connectivity index (χ4n) is 3.70. The van der Waals surface area contributed by atoms with Crippen LogP contribution in [0.2, 0.25) is 0 Å². The Hall–Kier alpha value is -2.74. The van der Waals surface area contributed by atoms with E-state index in [0.717, 1.165) is 32.5 Å². The molecule has 0 aliphatic carbocycles. The highest BCUT2D eigenvalue weighted by molar-refractivity contribution is 7.89. The van der Waals surface area contributed by atoms with Gasteiger partial charge in [-0.15, -0.1) is 11.3 Å². The summed E-state index contributed by atoms with van der Waals surface area (Å²) in [6.45, 7) is 6.07. The Morgan fingerprint density at radius 1 is 0.935 bits per heavy atom. The summed E-state index contributed by atoms with van der Waals surface area (Å²) < 4.78 is 28.3. The molecule has 0 bridgehead atoms. The molecule has 0 atom stereocenters. The average Bonchev–Trinajstić information content (AvgIpc) is 3.22. The number of H-pyrrole nitrogens is 1. The van der Waals surface area contributed by atoms with Gasteiger partial charge in [0.25, 0.3) is 5.56 Å². The first-order valence-corrected chi connectivity index (χ1v) is 12.3. The third-order valence-electron chi connectivity index (χ3n) is 5.29. The van der Waals surface area contributed by atoms with Crippen LogP contribution in [0.1, 0.15) is 27.1 Å². The van der Waals surface area contributed by atoms with Crippen LogP contribution in [0.5, 0.6) is 0 Å². The van der Waals surface area contributed by atoms with Crippen LogP contribution in [0.4, 0.5) is 0 Å². The van der Waals surface area contributed by atoms with Gasteiger partial charge in [-0.1, -0.05) is 35.4 Å². The summed E-state index contributed by atoms with van der Waals surface area (Å²) in [5.74, 6) is 0. The van der Waals surface area contributed by atoms with E-state index in [1.807, 2.05) is 50.4 Å². The van der Waals surface area contributed by atoms with Gasteiger partial charge in [0.1, 0.15) is 0 Å². The van der Waals surface area contributed by atoms with Crippen molar-refractivity contribution < 1.29 is 8.42 Å². The van der Waals surface area contributed by atoms with Gasteiger partial charge in [-0.2, -0.15) is 4.31 Å². The Morgan fingerprint density at radius 3 is 2.35 bits per heavy atom. The zero-order valence-electron chi connectivity index (χ0n) is 17.7. The number of aromatic amines is 1. The molecule has 0 fully saturated rings. The van der Waals surface area contributed by atoms with Crippen molar-refractivity contribution in [1.82, 2.24) is 9.29 Å². The van der Waals surface area contributed by atoms with Crippen LogP contribution in [0.25, 0.3) is 10.9 Å². The van der Waals surface area contributed by atoms with Gasteiger partial charge in [-0.25, -0.2) is 8.42 Å². The Labute approximate surface area is 186 Å². The Balaban J connectivity index is 1.78. The van der Waals surface area contributed by atoms with Crippen LogP contribution in [0, 0.1) is 20.8 Å². The van der Waals surface area contributed by atoms with Gasteiger partial charge in [0.2, 0.25) is 10.0 Å². The molecular formula is C24H24N2O3S2. The van der Waals surface area contributed by atoms with E-state index in [2.05, 4.69) is 4.98 Å². The summed E-state index contributed by atoms with van der Waals surface area (Å²) >= 11 is 1.49. The van der Waals surface area contributed by atoms with Crippen molar-refractivity contribution in [3.05, 3.63) is 97.5 Å². The second kappa shape index (κ2) is 8.42. The number of nitrogens with one attached hydrogen (secondary N) is 1. The van der Waals surface area contributed by atoms with Crippen molar-refractivity contribution in [3.8, 4) is 0 Å². The lowest BCUT2D eigenvalue weighted by Gasteiger charge is -2.22. The summed E-state index contributed by atoms with van der Waals surface area (Å²) in [5.41, 5.74) is 4.00. The number of hydrogen-bond donors (Lipinski definition) is 1. The predicted octanol–water partition coefficient (Wildman–Crippen LogP) is 4.91. The van der Waals surface area contributed by atoms with Crippen LogP contribution in [-0.4, -0.2) is 17.7 Å². The smallest absolute Gasteiger partial charge is 0.252 e. The molecule has 7 heteroatoms. The van der Waals surface area contributed by atoms with Gasteiger partial charge in [-0.3, -0.25) is 4.79 Å². The lowest BCUT2D eigenvalue weighted by atomic mass is 10.1. The maximum atomic E-state index is 13.5. The molecule has 2 heterocycles. The quantitative estimate of drug-likeness (QED) is 0.452. The van der Waals surface area contributed by atoms with Crippen LogP contribution in [0.3, 0.4) is 0 Å². The number of pyridine rings is 1. The summed E-state index contributed by atoms with van der Waals surface area (Å²) in [6.07, 6.45) is 0. The number of fused-ring (bicyclic) bond motifs is 1. The van der Waals surface area contributed by atoms with Crippen molar-refractivity contribution in [1.29, 1.82) is 0 Å². The van der Waals surface area contributed by atoms with E-state index in [-0.39, 0.29) is 23.5 Å². The second-order valence-electron chi connectivity index (χ2n) is 7.84. The lowest BCUT2D eigenvalue weighted by Crippen LogP contribution is -2.32. The summed E-state index contributed by atoms with van der Waals surface area (Å²) in [7, 11) is -3.79. The Bertz CT molecular complexity index is 1390. The minimum Gasteiger partial charge on any atom is -0.321 e. The van der Waals surface area contributed by atoms with Crippen molar-refractivity contribution in [2.45, 2.75) is 38.8 Å². The third kappa shape index (κ3) is 4.49. The molecule has 0 unspecified atom stereocenters. The van der Waals surface area contributed by atoms with Gasteiger partial charge in [-0.05, 0) is 67.4 Å². The zero-order chi connectivity index (χ0) is 22.2. The topological polar surface area (TPSA) is 70.2 Å². The molecule has 160 valence electrons. The van der Waals surface area contributed by atoms with Gasteiger partial charge in [0.15, 0.2) is 0 Å². The van der Waals surface area contributed by atoms with Crippen LogP contribution in [-0.2, 0) is 23.1 Å². The van der Waals surface area contributed by atoms with E-state index >= 15 is 0 Å². The highest BCUT2D eigenvalue weighted by Gasteiger charge is 2.26. The zero-order valence-corrected chi connectivity index (χ0v) is 19.3. The summed E-state index contributed by atoms with van der Waals surface area (Å²) in [4.78, 5) is 16.9. The van der Waals surface area contributed by atoms with E-state index in [0.29, 0.717) is 5.56 Å². The van der Waals surface area contributed by atoms with E-state index in [1.54, 1.807) is 30.3 Å². The fourth-order valence-corrected chi connectivity index (χ4v) is 5.90. The van der Waals surface area contributed by atoms with Gasteiger partial charge in [0.05, 0.1) is 10.4 Å². The minimum atomic E-state index is -3.79. The number of aromatic nitrogens is 1. The maximum absolute atomic E-state index is 13.5. The number of benzene rings is 2. The van der Waals surface area contributed by atoms with E-state index < -0.39 is 10.0 Å². The number of aryl methyl sites for hydroxylation is 3. The normalized spacial score (nSPS) is 12.0. The van der Waals surface area contributed by atoms with Crippen LogP contribution in [0.15, 0.2) is 69.7 Å². The fraction of sp³-hybridized carbons (Fsp3) is 0.208. The molecule has 0 aliphatic heterocycles. The van der Waals surface area contributed by atoms with E-state index in [1.165, 1.54) is 15.6 Å². The van der Waals surface area contributed by atoms with E-state index in [4.69, 9.17) is 0 Å². The largest absolute Gasteiger partial charge is 0.321 e. The molecule has 0 saturated carbocycles. The average molecular weight is 453 g/mol. The monoisotopic (exact) mass is 452 g/mol. The minimum absolute atomic E-state index is 0.00757. The molecular weight excluding hydrogens is 428 g/mol. The molecule has 1 N–H and O–H groups in total. The Kier molecular flexibility index (Phi) is 5.83. The molecule has 0 spiro atoms. The number of sulfonamides is 1. The number of hydrogen-bond acceptors (Lipinski definition) is 4. The number of thiophene rings is 1. The van der Waals surface area contributed by atoms with Crippen molar-refractivity contribution in [2.75, 3.05) is 0 Å². The molecule has 4 rings (SSSR count). The van der Waals surface area contributed by atoms with Crippen molar-refractivity contribution >= 4 is 32.3 Å². The lowest BCUT2D eigenvalue weighted by molar-refractivity contribution is 0.402. The first-order valence-electron chi connectivity index (χ1n) is 9.96. The molecule has 31 heavy (non-hydrogen) atoms. The first-order chi connectivity index (χ1) is 14.7. The first kappa shape index (κ1) is 21.5. The molecule has 0 saturated heterocycles. The predicted molar refractivity (Wildman–Crippen MR) is 126 cm³/mol. The van der Waals surface area contributed by atoms with Crippen molar-refractivity contribution in [2.24, 2.45) is 0 Å². The summed E-state index contributed by atoms with van der Waals surface area (Å²) in [6, 6.07) is 16.4. The summed E-state index contributed by atoms with van der Waals surface area (Å²) in [5, 5.41) is 2.82. The molecule has 5 nitrogen and oxygen atoms in total. The highest BCUT2D eigenvalue weighted by atomic mass is 32.2. The molecule has 0 amide bonds. The molecule has 4 aromatic rings. The van der Waals surface area contributed by atoms with Gasteiger partial charge < -0.3 is 4.98 Å². The van der Waals surface area contributed by atoms with E-state index in [9.17, 15) is 13.2 Å². The second-order valence-corrected chi connectivity index (χ2v) is 10.8. The SMILES string of the molecule is Cc1ccc(S(=O)(=O)N(Cc2cccs2)Cc2cc3cc(C)cc(C)c3[nH]c2=O)cc1. The van der Waals surface area contributed by atoms with Gasteiger partial charge in [0, 0.05) is 23.5 Å². The highest BCUT2D eigenvalue weighted by Crippen LogP contribution is 2.24. The standard InChI is InChI=1S/C24H24N2O3S2/c1-16-6-8-22(9-7-16)31(28,29)26(15-21-5-4-10-30-21)14-20-13-19-12-17(2)11-18(3)23(19)25-24(20)27/h4-13H,14-15H2,1-3H3,(H,25,27). The van der Waals surface area contributed by atoms with Crippen LogP contribution >= 0.6 is 11.3 Å². The molecule has 2 aromatic heterocycles. The van der Waals surface area contributed by atoms with Crippen LogP contribution < -0.4 is 5.56 Å². The Morgan fingerprint density at radius 2 is 1.68 bits per heavy atom. The number of rotatable bonds is 6. The maximum Gasteiger partial charge on any atom is 0.252 e. The molecule has 0 radical (unpaired) electrons. The third-order valence-corrected chi connectivity index (χ3v) is 7.96. The molecule has 0 aliphatic rings. The molecule has 2 aromatic carbocycles.